The Kier molecular flexibility index (Phi) is 6.69. The Labute approximate surface area is 139 Å². The Morgan fingerprint density at radius 3 is 2.59 bits per heavy atom. The molecule has 1 N–H and O–H groups in total. The average Bonchev–Trinajstić information content (AvgIpc) is 2.44. The van der Waals surface area contributed by atoms with Crippen molar-refractivity contribution in [3.8, 4) is 5.75 Å². The first-order chi connectivity index (χ1) is 10.0. The summed E-state index contributed by atoms with van der Waals surface area (Å²) in [5.41, 5.74) is 1.85. The fraction of sp³-hybridized carbons (Fsp3) is 0.588. The topological polar surface area (TPSA) is 41.6 Å². The number of likely N-dealkylation sites (N-methyl/N-ethyl adjacent to an activating group) is 2. The lowest BCUT2D eigenvalue weighted by molar-refractivity contribution is -0.139. The third kappa shape index (κ3) is 3.39. The largest absolute Gasteiger partial charge is 0.496 e. The molecule has 0 aliphatic heterocycles. The van der Waals surface area contributed by atoms with Gasteiger partial charge >= 0.3 is 0 Å². The van der Waals surface area contributed by atoms with Gasteiger partial charge in [0.1, 0.15) is 5.75 Å². The summed E-state index contributed by atoms with van der Waals surface area (Å²) in [7, 11) is 5.48. The van der Waals surface area contributed by atoms with E-state index in [1.807, 2.05) is 32.0 Å². The van der Waals surface area contributed by atoms with Gasteiger partial charge in [0, 0.05) is 20.1 Å². The van der Waals surface area contributed by atoms with Crippen LogP contribution >= 0.6 is 12.4 Å². The van der Waals surface area contributed by atoms with Gasteiger partial charge in [-0.1, -0.05) is 18.6 Å². The van der Waals surface area contributed by atoms with Crippen molar-refractivity contribution < 1.29 is 9.53 Å². The average molecular weight is 327 g/mol. The minimum atomic E-state index is -0.344. The van der Waals surface area contributed by atoms with Crippen molar-refractivity contribution in [3.05, 3.63) is 29.3 Å². The number of amides is 1. The number of aryl methyl sites for hydroxylation is 1. The molecule has 2 rings (SSSR count). The molecule has 1 aromatic carbocycles. The molecule has 4 nitrogen and oxygen atoms in total. The van der Waals surface area contributed by atoms with Crippen LogP contribution in [-0.4, -0.2) is 45.1 Å². The number of nitrogens with zero attached hydrogens (tertiary/aromatic N) is 1. The SMILES string of the molecule is CNCCN(C)C(=O)C1(c2ccc(C)c(OC)c2)CCC1.Cl. The smallest absolute Gasteiger partial charge is 0.233 e. The molecular formula is C17H27ClN2O2. The van der Waals surface area contributed by atoms with Crippen LogP contribution in [0.1, 0.15) is 30.4 Å². The van der Waals surface area contributed by atoms with Crippen LogP contribution < -0.4 is 10.1 Å². The number of benzene rings is 1. The molecule has 1 saturated carbocycles. The van der Waals surface area contributed by atoms with Crippen LogP contribution in [0.2, 0.25) is 0 Å². The van der Waals surface area contributed by atoms with Gasteiger partial charge in [0.25, 0.3) is 0 Å². The van der Waals surface area contributed by atoms with E-state index >= 15 is 0 Å². The molecule has 22 heavy (non-hydrogen) atoms. The Hall–Kier alpha value is -1.26. The lowest BCUT2D eigenvalue weighted by atomic mass is 9.63. The summed E-state index contributed by atoms with van der Waals surface area (Å²) in [6, 6.07) is 6.17. The van der Waals surface area contributed by atoms with Crippen molar-refractivity contribution in [2.45, 2.75) is 31.6 Å². The van der Waals surface area contributed by atoms with Gasteiger partial charge in [0.05, 0.1) is 12.5 Å². The highest BCUT2D eigenvalue weighted by atomic mass is 35.5. The number of rotatable bonds is 6. The highest BCUT2D eigenvalue weighted by Crippen LogP contribution is 2.46. The number of methoxy groups -OCH3 is 1. The molecule has 1 aliphatic rings. The summed E-state index contributed by atoms with van der Waals surface area (Å²) >= 11 is 0. The van der Waals surface area contributed by atoms with Gasteiger partial charge in [0.2, 0.25) is 5.91 Å². The van der Waals surface area contributed by atoms with E-state index in [4.69, 9.17) is 4.74 Å². The van der Waals surface area contributed by atoms with E-state index in [0.717, 1.165) is 49.2 Å². The Bertz CT molecular complexity index is 515. The van der Waals surface area contributed by atoms with Gasteiger partial charge in [-0.15, -0.1) is 12.4 Å². The molecule has 0 atom stereocenters. The van der Waals surface area contributed by atoms with Gasteiger partial charge in [-0.3, -0.25) is 4.79 Å². The molecule has 1 fully saturated rings. The lowest BCUT2D eigenvalue weighted by Gasteiger charge is -2.43. The van der Waals surface area contributed by atoms with Crippen LogP contribution in [0, 0.1) is 6.92 Å². The van der Waals surface area contributed by atoms with E-state index < -0.39 is 0 Å². The van der Waals surface area contributed by atoms with Crippen molar-refractivity contribution in [1.82, 2.24) is 10.2 Å². The first kappa shape index (κ1) is 18.8. The van der Waals surface area contributed by atoms with Gasteiger partial charge in [-0.2, -0.15) is 0 Å². The van der Waals surface area contributed by atoms with E-state index in [2.05, 4.69) is 17.4 Å². The van der Waals surface area contributed by atoms with Gasteiger partial charge in [-0.25, -0.2) is 0 Å². The van der Waals surface area contributed by atoms with E-state index in [0.29, 0.717) is 0 Å². The van der Waals surface area contributed by atoms with Gasteiger partial charge in [-0.05, 0) is 44.0 Å². The molecule has 0 bridgehead atoms. The van der Waals surface area contributed by atoms with Crippen LogP contribution in [-0.2, 0) is 10.2 Å². The van der Waals surface area contributed by atoms with Crippen molar-refractivity contribution in [2.75, 3.05) is 34.3 Å². The molecule has 5 heteroatoms. The zero-order valence-corrected chi connectivity index (χ0v) is 14.8. The normalized spacial score (nSPS) is 15.5. The lowest BCUT2D eigenvalue weighted by Crippen LogP contribution is -2.50. The van der Waals surface area contributed by atoms with Crippen LogP contribution in [0.5, 0.6) is 5.75 Å². The van der Waals surface area contributed by atoms with Crippen LogP contribution in [0.25, 0.3) is 0 Å². The van der Waals surface area contributed by atoms with E-state index in [1.54, 1.807) is 7.11 Å². The van der Waals surface area contributed by atoms with Crippen LogP contribution in [0.15, 0.2) is 18.2 Å². The monoisotopic (exact) mass is 326 g/mol. The summed E-state index contributed by atoms with van der Waals surface area (Å²) in [5.74, 6) is 1.10. The molecular weight excluding hydrogens is 300 g/mol. The van der Waals surface area contributed by atoms with E-state index in [9.17, 15) is 4.79 Å². The molecule has 0 unspecified atom stereocenters. The predicted octanol–water partition coefficient (Wildman–Crippen LogP) is 2.52. The summed E-state index contributed by atoms with van der Waals surface area (Å²) < 4.78 is 5.42. The molecule has 0 aromatic heterocycles. The molecule has 0 radical (unpaired) electrons. The summed E-state index contributed by atoms with van der Waals surface area (Å²) in [5, 5.41) is 3.09. The number of carbonyl (C=O) groups is 1. The van der Waals surface area contributed by atoms with E-state index in [1.165, 1.54) is 0 Å². The summed E-state index contributed by atoms with van der Waals surface area (Å²) in [6.45, 7) is 3.58. The zero-order valence-electron chi connectivity index (χ0n) is 13.9. The Balaban J connectivity index is 0.00000242. The number of carbonyl (C=O) groups excluding carboxylic acids is 1. The number of hydrogen-bond acceptors (Lipinski definition) is 3. The fourth-order valence-electron chi connectivity index (χ4n) is 3.02. The number of hydrogen-bond donors (Lipinski definition) is 1. The third-order valence-electron chi connectivity index (χ3n) is 4.62. The van der Waals surface area contributed by atoms with Crippen molar-refractivity contribution in [2.24, 2.45) is 0 Å². The molecule has 0 heterocycles. The maximum absolute atomic E-state index is 12.9. The second-order valence-electron chi connectivity index (χ2n) is 5.95. The maximum atomic E-state index is 12.9. The zero-order chi connectivity index (χ0) is 15.5. The Morgan fingerprint density at radius 2 is 2.09 bits per heavy atom. The van der Waals surface area contributed by atoms with Crippen LogP contribution in [0.3, 0.4) is 0 Å². The second-order valence-corrected chi connectivity index (χ2v) is 5.95. The van der Waals surface area contributed by atoms with Crippen molar-refractivity contribution in [3.63, 3.8) is 0 Å². The molecule has 1 aromatic rings. The van der Waals surface area contributed by atoms with E-state index in [-0.39, 0.29) is 23.7 Å². The highest BCUT2D eigenvalue weighted by molar-refractivity contribution is 5.89. The summed E-state index contributed by atoms with van der Waals surface area (Å²) in [6.07, 6.45) is 2.98. The quantitative estimate of drug-likeness (QED) is 0.873. The highest BCUT2D eigenvalue weighted by Gasteiger charge is 2.47. The molecule has 124 valence electrons. The number of nitrogens with one attached hydrogen (secondary N) is 1. The number of halogens is 1. The van der Waals surface area contributed by atoms with Crippen LogP contribution in [0.4, 0.5) is 0 Å². The number of ether oxygens (including phenoxy) is 1. The minimum absolute atomic E-state index is 0. The predicted molar refractivity (Wildman–Crippen MR) is 92.1 cm³/mol. The Morgan fingerprint density at radius 1 is 1.41 bits per heavy atom. The summed E-state index contributed by atoms with van der Waals surface area (Å²) in [4.78, 5) is 14.7. The third-order valence-corrected chi connectivity index (χ3v) is 4.62. The first-order valence-electron chi connectivity index (χ1n) is 7.60. The van der Waals surface area contributed by atoms with Crippen molar-refractivity contribution in [1.29, 1.82) is 0 Å². The van der Waals surface area contributed by atoms with Gasteiger partial charge in [0.15, 0.2) is 0 Å². The first-order valence-corrected chi connectivity index (χ1v) is 7.60. The second kappa shape index (κ2) is 7.84. The molecule has 0 spiro atoms. The fourth-order valence-corrected chi connectivity index (χ4v) is 3.02. The molecule has 1 amide bonds. The van der Waals surface area contributed by atoms with Crippen molar-refractivity contribution >= 4 is 18.3 Å². The standard InChI is InChI=1S/C17H26N2O2.ClH/c1-13-6-7-14(12-15(13)21-4)17(8-5-9-17)16(20)19(3)11-10-18-2;/h6-7,12,18H,5,8-11H2,1-4H3;1H. The minimum Gasteiger partial charge on any atom is -0.496 e. The molecule has 0 saturated heterocycles. The maximum Gasteiger partial charge on any atom is 0.233 e. The van der Waals surface area contributed by atoms with Gasteiger partial charge < -0.3 is 15.0 Å². The molecule has 1 aliphatic carbocycles.